The van der Waals surface area contributed by atoms with Gasteiger partial charge in [-0.1, -0.05) is 23.7 Å². The Morgan fingerprint density at radius 1 is 1.52 bits per heavy atom. The van der Waals surface area contributed by atoms with Gasteiger partial charge in [0.05, 0.1) is 0 Å². The van der Waals surface area contributed by atoms with Crippen LogP contribution in [0.5, 0.6) is 0 Å². The lowest BCUT2D eigenvalue weighted by atomic mass is 10.0. The average molecular weight is 336 g/mol. The van der Waals surface area contributed by atoms with Gasteiger partial charge in [0.15, 0.2) is 0 Å². The SMILES string of the molecule is Cn1cnc([N+](=O)[O-])c1CN1CCNCC1c1cccc(Cl)c1. The van der Waals surface area contributed by atoms with E-state index in [1.807, 2.05) is 24.3 Å². The minimum absolute atomic E-state index is 0.0733. The summed E-state index contributed by atoms with van der Waals surface area (Å²) in [5.41, 5.74) is 1.72. The second-order valence-electron chi connectivity index (χ2n) is 5.63. The molecule has 3 rings (SSSR count). The fraction of sp³-hybridized carbons (Fsp3) is 0.400. The minimum Gasteiger partial charge on any atom is -0.358 e. The zero-order chi connectivity index (χ0) is 16.4. The van der Waals surface area contributed by atoms with Gasteiger partial charge in [0.2, 0.25) is 6.33 Å². The smallest absolute Gasteiger partial charge is 0.358 e. The molecule has 2 heterocycles. The van der Waals surface area contributed by atoms with Crippen molar-refractivity contribution in [2.45, 2.75) is 12.6 Å². The molecular weight excluding hydrogens is 318 g/mol. The van der Waals surface area contributed by atoms with Crippen LogP contribution in [0, 0.1) is 10.1 Å². The van der Waals surface area contributed by atoms with Crippen LogP contribution >= 0.6 is 11.6 Å². The van der Waals surface area contributed by atoms with Crippen LogP contribution in [0.4, 0.5) is 5.82 Å². The fourth-order valence-corrected chi connectivity index (χ4v) is 3.15. The topological polar surface area (TPSA) is 76.2 Å². The normalized spacial score (nSPS) is 19.0. The molecule has 0 bridgehead atoms. The van der Waals surface area contributed by atoms with E-state index in [4.69, 9.17) is 11.6 Å². The Bertz CT molecular complexity index is 718. The third-order valence-electron chi connectivity index (χ3n) is 4.15. The lowest BCUT2D eigenvalue weighted by Gasteiger charge is -2.36. The predicted molar refractivity (Wildman–Crippen MR) is 87.3 cm³/mol. The summed E-state index contributed by atoms with van der Waals surface area (Å²) in [6, 6.07) is 7.88. The standard InChI is InChI=1S/C15H18ClN5O2/c1-19-10-18-15(21(22)23)14(19)9-20-6-5-17-8-13(20)11-3-2-4-12(16)7-11/h2-4,7,10,13,17H,5-6,8-9H2,1H3. The molecule has 1 aromatic carbocycles. The number of nitro groups is 1. The van der Waals surface area contributed by atoms with E-state index in [0.717, 1.165) is 25.2 Å². The number of hydrogen-bond acceptors (Lipinski definition) is 5. The van der Waals surface area contributed by atoms with Gasteiger partial charge in [-0.15, -0.1) is 0 Å². The van der Waals surface area contributed by atoms with E-state index in [2.05, 4.69) is 15.2 Å². The molecule has 1 aliphatic heterocycles. The second kappa shape index (κ2) is 6.66. The first-order chi connectivity index (χ1) is 11.1. The lowest BCUT2D eigenvalue weighted by molar-refractivity contribution is -0.390. The van der Waals surface area contributed by atoms with Crippen LogP contribution in [0.15, 0.2) is 30.6 Å². The van der Waals surface area contributed by atoms with Crippen LogP contribution in [-0.2, 0) is 13.6 Å². The number of hydrogen-bond donors (Lipinski definition) is 1. The Balaban J connectivity index is 1.88. The fourth-order valence-electron chi connectivity index (χ4n) is 2.95. The molecular formula is C15H18ClN5O2. The van der Waals surface area contributed by atoms with Crippen LogP contribution in [0.1, 0.15) is 17.3 Å². The first kappa shape index (κ1) is 15.9. The Labute approximate surface area is 139 Å². The molecule has 1 unspecified atom stereocenters. The zero-order valence-electron chi connectivity index (χ0n) is 12.8. The number of nitrogens with zero attached hydrogens (tertiary/aromatic N) is 4. The molecule has 1 aliphatic rings. The van der Waals surface area contributed by atoms with E-state index in [1.54, 1.807) is 11.6 Å². The molecule has 1 N–H and O–H groups in total. The van der Waals surface area contributed by atoms with E-state index in [0.29, 0.717) is 17.3 Å². The van der Waals surface area contributed by atoms with E-state index in [-0.39, 0.29) is 11.9 Å². The molecule has 0 aliphatic carbocycles. The van der Waals surface area contributed by atoms with Crippen molar-refractivity contribution >= 4 is 17.4 Å². The van der Waals surface area contributed by atoms with E-state index < -0.39 is 4.92 Å². The summed E-state index contributed by atoms with van der Waals surface area (Å²) >= 11 is 6.10. The molecule has 1 saturated heterocycles. The Hall–Kier alpha value is -1.96. The van der Waals surface area contributed by atoms with Gasteiger partial charge in [-0.3, -0.25) is 4.90 Å². The summed E-state index contributed by atoms with van der Waals surface area (Å²) in [5.74, 6) is -0.0733. The summed E-state index contributed by atoms with van der Waals surface area (Å²) in [7, 11) is 1.78. The number of rotatable bonds is 4. The van der Waals surface area contributed by atoms with Crippen LogP contribution in [-0.4, -0.2) is 39.0 Å². The van der Waals surface area contributed by atoms with E-state index in [1.165, 1.54) is 6.33 Å². The molecule has 0 spiro atoms. The predicted octanol–water partition coefficient (Wildman–Crippen LogP) is 2.13. The van der Waals surface area contributed by atoms with Crippen molar-refractivity contribution in [3.8, 4) is 0 Å². The van der Waals surface area contributed by atoms with Crippen molar-refractivity contribution in [2.24, 2.45) is 7.05 Å². The monoisotopic (exact) mass is 335 g/mol. The van der Waals surface area contributed by atoms with Gasteiger partial charge < -0.3 is 20.0 Å². The number of imidazole rings is 1. The number of aromatic nitrogens is 2. The van der Waals surface area contributed by atoms with Gasteiger partial charge in [0.1, 0.15) is 5.69 Å². The average Bonchev–Trinajstić information content (AvgIpc) is 2.89. The van der Waals surface area contributed by atoms with Crippen LogP contribution in [0.2, 0.25) is 5.02 Å². The van der Waals surface area contributed by atoms with Crippen molar-refractivity contribution in [1.29, 1.82) is 0 Å². The molecule has 1 atom stereocenters. The molecule has 0 saturated carbocycles. The number of piperazine rings is 1. The maximum absolute atomic E-state index is 11.2. The molecule has 0 radical (unpaired) electrons. The number of aryl methyl sites for hydroxylation is 1. The molecule has 1 fully saturated rings. The Morgan fingerprint density at radius 2 is 2.35 bits per heavy atom. The number of benzene rings is 1. The first-order valence-corrected chi connectivity index (χ1v) is 7.79. The van der Waals surface area contributed by atoms with Gasteiger partial charge in [0.25, 0.3) is 0 Å². The molecule has 1 aromatic heterocycles. The third kappa shape index (κ3) is 3.36. The van der Waals surface area contributed by atoms with Crippen molar-refractivity contribution < 1.29 is 4.92 Å². The maximum Gasteiger partial charge on any atom is 0.386 e. The van der Waals surface area contributed by atoms with Gasteiger partial charge in [0, 0.05) is 44.3 Å². The van der Waals surface area contributed by atoms with Gasteiger partial charge in [-0.25, -0.2) is 0 Å². The highest BCUT2D eigenvalue weighted by Gasteiger charge is 2.28. The summed E-state index contributed by atoms with van der Waals surface area (Å²) in [6.07, 6.45) is 1.49. The van der Waals surface area contributed by atoms with Crippen LogP contribution < -0.4 is 5.32 Å². The van der Waals surface area contributed by atoms with Crippen molar-refractivity contribution in [1.82, 2.24) is 19.8 Å². The third-order valence-corrected chi connectivity index (χ3v) is 4.39. The number of halogens is 1. The van der Waals surface area contributed by atoms with Crippen molar-refractivity contribution in [2.75, 3.05) is 19.6 Å². The minimum atomic E-state index is -0.425. The molecule has 7 nitrogen and oxygen atoms in total. The molecule has 8 heteroatoms. The van der Waals surface area contributed by atoms with E-state index in [9.17, 15) is 10.1 Å². The maximum atomic E-state index is 11.2. The first-order valence-electron chi connectivity index (χ1n) is 7.41. The Morgan fingerprint density at radius 3 is 3.09 bits per heavy atom. The van der Waals surface area contributed by atoms with Crippen molar-refractivity contribution in [3.63, 3.8) is 0 Å². The number of nitrogens with one attached hydrogen (secondary N) is 1. The van der Waals surface area contributed by atoms with Crippen LogP contribution in [0.25, 0.3) is 0 Å². The summed E-state index contributed by atoms with van der Waals surface area (Å²) in [5, 5.41) is 15.2. The highest BCUT2D eigenvalue weighted by Crippen LogP contribution is 2.28. The molecule has 122 valence electrons. The lowest BCUT2D eigenvalue weighted by Crippen LogP contribution is -2.45. The van der Waals surface area contributed by atoms with Gasteiger partial charge in [-0.05, 0) is 27.6 Å². The second-order valence-corrected chi connectivity index (χ2v) is 6.06. The van der Waals surface area contributed by atoms with E-state index >= 15 is 0 Å². The summed E-state index contributed by atoms with van der Waals surface area (Å²) in [6.45, 7) is 2.92. The molecule has 2 aromatic rings. The highest BCUT2D eigenvalue weighted by molar-refractivity contribution is 6.30. The highest BCUT2D eigenvalue weighted by atomic mass is 35.5. The molecule has 23 heavy (non-hydrogen) atoms. The van der Waals surface area contributed by atoms with Gasteiger partial charge >= 0.3 is 5.82 Å². The quantitative estimate of drug-likeness (QED) is 0.684. The Kier molecular flexibility index (Phi) is 4.61. The van der Waals surface area contributed by atoms with Crippen LogP contribution in [0.3, 0.4) is 0 Å². The molecule has 0 amide bonds. The van der Waals surface area contributed by atoms with Crippen molar-refractivity contribution in [3.05, 3.63) is 57.0 Å². The summed E-state index contributed by atoms with van der Waals surface area (Å²) < 4.78 is 1.72. The zero-order valence-corrected chi connectivity index (χ0v) is 13.5. The largest absolute Gasteiger partial charge is 0.386 e. The van der Waals surface area contributed by atoms with Gasteiger partial charge in [-0.2, -0.15) is 0 Å². The summed E-state index contributed by atoms with van der Waals surface area (Å²) in [4.78, 5) is 16.9.